The summed E-state index contributed by atoms with van der Waals surface area (Å²) in [4.78, 5) is 0. The van der Waals surface area contributed by atoms with Crippen molar-refractivity contribution in [3.8, 4) is 6.07 Å². The second-order valence-corrected chi connectivity index (χ2v) is 4.52. The monoisotopic (exact) mass is 305 g/mol. The van der Waals surface area contributed by atoms with Crippen molar-refractivity contribution in [2.24, 2.45) is 0 Å². The van der Waals surface area contributed by atoms with E-state index in [0.29, 0.717) is 27.1 Å². The number of benzene rings is 2. The van der Waals surface area contributed by atoms with Gasteiger partial charge < -0.3 is 11.1 Å². The van der Waals surface area contributed by atoms with Gasteiger partial charge in [-0.25, -0.2) is 4.39 Å². The van der Waals surface area contributed by atoms with Crippen LogP contribution < -0.4 is 11.1 Å². The van der Waals surface area contributed by atoms with Gasteiger partial charge in [-0.05, 0) is 52.3 Å². The third kappa shape index (κ3) is 2.60. The van der Waals surface area contributed by atoms with Gasteiger partial charge in [0.25, 0.3) is 0 Å². The molecule has 2 aromatic rings. The number of nitrogen functional groups attached to an aromatic ring is 1. The van der Waals surface area contributed by atoms with Crippen molar-refractivity contribution in [3.05, 3.63) is 52.3 Å². The van der Waals surface area contributed by atoms with Crippen molar-refractivity contribution in [1.29, 1.82) is 5.26 Å². The van der Waals surface area contributed by atoms with Crippen LogP contribution >= 0.6 is 15.9 Å². The summed E-state index contributed by atoms with van der Waals surface area (Å²) in [6.07, 6.45) is 0. The van der Waals surface area contributed by atoms with Crippen LogP contribution in [0.15, 0.2) is 40.9 Å². The van der Waals surface area contributed by atoms with Crippen LogP contribution in [-0.4, -0.2) is 0 Å². The lowest BCUT2D eigenvalue weighted by Crippen LogP contribution is -1.98. The minimum absolute atomic E-state index is 0.351. The number of anilines is 3. The van der Waals surface area contributed by atoms with Crippen molar-refractivity contribution in [3.63, 3.8) is 0 Å². The van der Waals surface area contributed by atoms with Gasteiger partial charge in [0.15, 0.2) is 0 Å². The van der Waals surface area contributed by atoms with E-state index in [1.54, 1.807) is 24.3 Å². The number of nitriles is 1. The zero-order valence-electron chi connectivity index (χ0n) is 9.24. The molecule has 0 fully saturated rings. The molecule has 0 heterocycles. The molecule has 5 heteroatoms. The normalized spacial score (nSPS) is 9.83. The van der Waals surface area contributed by atoms with Gasteiger partial charge in [0, 0.05) is 4.47 Å². The summed E-state index contributed by atoms with van der Waals surface area (Å²) in [5.41, 5.74) is 7.90. The quantitative estimate of drug-likeness (QED) is 0.830. The van der Waals surface area contributed by atoms with E-state index in [-0.39, 0.29) is 5.82 Å². The summed E-state index contributed by atoms with van der Waals surface area (Å²) < 4.78 is 13.9. The van der Waals surface area contributed by atoms with Crippen molar-refractivity contribution >= 4 is 33.0 Å². The van der Waals surface area contributed by atoms with Gasteiger partial charge in [-0.2, -0.15) is 5.26 Å². The number of hydrogen-bond donors (Lipinski definition) is 2. The molecular weight excluding hydrogens is 297 g/mol. The lowest BCUT2D eigenvalue weighted by atomic mass is 10.2. The van der Waals surface area contributed by atoms with Crippen molar-refractivity contribution in [1.82, 2.24) is 0 Å². The maximum absolute atomic E-state index is 13.2. The second-order valence-electron chi connectivity index (χ2n) is 3.66. The molecule has 0 bridgehead atoms. The van der Waals surface area contributed by atoms with Gasteiger partial charge in [0.2, 0.25) is 0 Å². The van der Waals surface area contributed by atoms with E-state index in [1.807, 2.05) is 6.07 Å². The first-order valence-electron chi connectivity index (χ1n) is 5.12. The molecule has 0 aliphatic rings. The summed E-state index contributed by atoms with van der Waals surface area (Å²) in [6.45, 7) is 0. The molecule has 0 aliphatic heterocycles. The first kappa shape index (κ1) is 12.4. The molecule has 3 nitrogen and oxygen atoms in total. The second kappa shape index (κ2) is 5.07. The smallest absolute Gasteiger partial charge is 0.125 e. The van der Waals surface area contributed by atoms with Gasteiger partial charge in [-0.3, -0.25) is 0 Å². The highest BCUT2D eigenvalue weighted by molar-refractivity contribution is 9.10. The van der Waals surface area contributed by atoms with Gasteiger partial charge in [-0.15, -0.1) is 0 Å². The fourth-order valence-corrected chi connectivity index (χ4v) is 1.82. The average molecular weight is 306 g/mol. The van der Waals surface area contributed by atoms with E-state index >= 15 is 0 Å². The van der Waals surface area contributed by atoms with Gasteiger partial charge in [0.05, 0.1) is 28.7 Å². The molecule has 0 saturated heterocycles. The van der Waals surface area contributed by atoms with Crippen molar-refractivity contribution < 1.29 is 4.39 Å². The fraction of sp³-hybridized carbons (Fsp3) is 0. The molecule has 2 aromatic carbocycles. The summed E-state index contributed by atoms with van der Waals surface area (Å²) in [5.74, 6) is -0.351. The van der Waals surface area contributed by atoms with Gasteiger partial charge in [-0.1, -0.05) is 0 Å². The first-order chi connectivity index (χ1) is 8.60. The SMILES string of the molecule is N#Cc1ccc(N)c(Nc2cc(F)ccc2Br)c1. The molecule has 0 saturated carbocycles. The molecule has 0 spiro atoms. The fourth-order valence-electron chi connectivity index (χ4n) is 1.47. The Kier molecular flexibility index (Phi) is 3.49. The molecule has 2 rings (SSSR count). The molecule has 90 valence electrons. The Balaban J connectivity index is 2.39. The Morgan fingerprint density at radius 2 is 1.94 bits per heavy atom. The average Bonchev–Trinajstić information content (AvgIpc) is 2.36. The predicted molar refractivity (Wildman–Crippen MR) is 73.0 cm³/mol. The van der Waals surface area contributed by atoms with Crippen molar-refractivity contribution in [2.45, 2.75) is 0 Å². The van der Waals surface area contributed by atoms with Gasteiger partial charge >= 0.3 is 0 Å². The summed E-state index contributed by atoms with van der Waals surface area (Å²) in [7, 11) is 0. The highest BCUT2D eigenvalue weighted by Gasteiger charge is 2.05. The number of halogens is 2. The van der Waals surface area contributed by atoms with Crippen LogP contribution in [-0.2, 0) is 0 Å². The number of nitrogens with two attached hydrogens (primary N) is 1. The largest absolute Gasteiger partial charge is 0.397 e. The summed E-state index contributed by atoms with van der Waals surface area (Å²) >= 11 is 3.31. The third-order valence-corrected chi connectivity index (χ3v) is 3.07. The van der Waals surface area contributed by atoms with E-state index in [4.69, 9.17) is 11.0 Å². The standard InChI is InChI=1S/C13H9BrFN3/c14-10-3-2-9(15)6-12(10)18-13-5-8(7-16)1-4-11(13)17/h1-6,18H,17H2. The van der Waals surface area contributed by atoms with Crippen LogP contribution in [0.2, 0.25) is 0 Å². The zero-order chi connectivity index (χ0) is 13.1. The third-order valence-electron chi connectivity index (χ3n) is 2.38. The van der Waals surface area contributed by atoms with E-state index < -0.39 is 0 Å². The lowest BCUT2D eigenvalue weighted by molar-refractivity contribution is 0.628. The topological polar surface area (TPSA) is 61.8 Å². The van der Waals surface area contributed by atoms with E-state index in [2.05, 4.69) is 21.2 Å². The Bertz CT molecular complexity index is 635. The zero-order valence-corrected chi connectivity index (χ0v) is 10.8. The molecule has 0 aromatic heterocycles. The molecule has 0 amide bonds. The molecule has 18 heavy (non-hydrogen) atoms. The summed E-state index contributed by atoms with van der Waals surface area (Å²) in [6, 6.07) is 11.2. The van der Waals surface area contributed by atoms with Crippen molar-refractivity contribution in [2.75, 3.05) is 11.1 Å². The highest BCUT2D eigenvalue weighted by Crippen LogP contribution is 2.29. The van der Waals surface area contributed by atoms with E-state index in [1.165, 1.54) is 12.1 Å². The molecule has 0 atom stereocenters. The lowest BCUT2D eigenvalue weighted by Gasteiger charge is -2.11. The minimum atomic E-state index is -0.351. The maximum Gasteiger partial charge on any atom is 0.125 e. The summed E-state index contributed by atoms with van der Waals surface area (Å²) in [5, 5.41) is 11.8. The van der Waals surface area contributed by atoms with Crippen LogP contribution in [0, 0.1) is 17.1 Å². The highest BCUT2D eigenvalue weighted by atomic mass is 79.9. The van der Waals surface area contributed by atoms with Crippen LogP contribution in [0.3, 0.4) is 0 Å². The molecule has 0 unspecified atom stereocenters. The van der Waals surface area contributed by atoms with E-state index in [9.17, 15) is 4.39 Å². The van der Waals surface area contributed by atoms with Crippen LogP contribution in [0.25, 0.3) is 0 Å². The first-order valence-corrected chi connectivity index (χ1v) is 5.91. The van der Waals surface area contributed by atoms with Gasteiger partial charge in [0.1, 0.15) is 5.82 Å². The molecular formula is C13H9BrFN3. The Hall–Kier alpha value is -2.06. The van der Waals surface area contributed by atoms with Crippen LogP contribution in [0.4, 0.5) is 21.5 Å². The molecule has 3 N–H and O–H groups in total. The number of nitrogens with one attached hydrogen (secondary N) is 1. The Morgan fingerprint density at radius 3 is 2.67 bits per heavy atom. The molecule has 0 aliphatic carbocycles. The maximum atomic E-state index is 13.2. The minimum Gasteiger partial charge on any atom is -0.397 e. The number of hydrogen-bond acceptors (Lipinski definition) is 3. The van der Waals surface area contributed by atoms with Crippen LogP contribution in [0.5, 0.6) is 0 Å². The van der Waals surface area contributed by atoms with E-state index in [0.717, 1.165) is 0 Å². The Morgan fingerprint density at radius 1 is 1.17 bits per heavy atom. The number of rotatable bonds is 2. The number of nitrogens with zero attached hydrogens (tertiary/aromatic N) is 1. The molecule has 0 radical (unpaired) electrons. The Labute approximate surface area is 112 Å². The van der Waals surface area contributed by atoms with Crippen LogP contribution in [0.1, 0.15) is 5.56 Å². The predicted octanol–water partition coefficient (Wildman–Crippen LogP) is 3.79.